The molecule has 0 bridgehead atoms. The lowest BCUT2D eigenvalue weighted by Gasteiger charge is -2.05. The van der Waals surface area contributed by atoms with Gasteiger partial charge >= 0.3 is 6.09 Å². The molecule has 31 heavy (non-hydrogen) atoms. The average Bonchev–Trinajstić information content (AvgIpc) is 3.49. The predicted octanol–water partition coefficient (Wildman–Crippen LogP) is 5.66. The largest absolute Gasteiger partial charge is 0.450 e. The summed E-state index contributed by atoms with van der Waals surface area (Å²) in [6.45, 7) is 3.95. The highest BCUT2D eigenvalue weighted by molar-refractivity contribution is 7.20. The maximum absolute atomic E-state index is 12.6. The number of carbonyl (C=O) groups excluding carboxylic acids is 2. The molecule has 8 nitrogen and oxygen atoms in total. The third-order valence-corrected chi connectivity index (χ3v) is 5.94. The van der Waals surface area contributed by atoms with Crippen LogP contribution in [-0.4, -0.2) is 28.7 Å². The van der Waals surface area contributed by atoms with Crippen LogP contribution < -0.4 is 10.6 Å². The number of thiophene rings is 1. The van der Waals surface area contributed by atoms with Crippen LogP contribution in [0.15, 0.2) is 52.4 Å². The standard InChI is InChI=1S/C21H18N4O4S2/c1-3-28-21(27)24-19-17(13-8-6-12(2)7-9-13)22-20(31-19)23-18(26)14-11-15(29-25-14)16-5-4-10-30-16/h4-11H,3H2,1-2H3,(H,24,27)(H,22,23,26). The average molecular weight is 455 g/mol. The number of hydrogen-bond donors (Lipinski definition) is 2. The fourth-order valence-electron chi connectivity index (χ4n) is 2.70. The molecule has 0 aliphatic carbocycles. The molecule has 0 fully saturated rings. The van der Waals surface area contributed by atoms with Crippen LogP contribution in [0, 0.1) is 6.92 Å². The minimum absolute atomic E-state index is 0.135. The van der Waals surface area contributed by atoms with Crippen LogP contribution in [0.3, 0.4) is 0 Å². The molecule has 0 saturated heterocycles. The van der Waals surface area contributed by atoms with E-state index in [4.69, 9.17) is 9.26 Å². The molecule has 158 valence electrons. The van der Waals surface area contributed by atoms with Gasteiger partial charge in [0.05, 0.1) is 11.5 Å². The van der Waals surface area contributed by atoms with Gasteiger partial charge in [0.15, 0.2) is 16.6 Å². The van der Waals surface area contributed by atoms with Crippen molar-refractivity contribution in [2.24, 2.45) is 0 Å². The number of benzene rings is 1. The fraction of sp³-hybridized carbons (Fsp3) is 0.143. The molecular formula is C21H18N4O4S2. The molecular weight excluding hydrogens is 436 g/mol. The summed E-state index contributed by atoms with van der Waals surface area (Å²) in [6, 6.07) is 13.0. The molecule has 3 heterocycles. The maximum Gasteiger partial charge on any atom is 0.412 e. The lowest BCUT2D eigenvalue weighted by Crippen LogP contribution is -2.12. The first-order valence-corrected chi connectivity index (χ1v) is 11.1. The van der Waals surface area contributed by atoms with Gasteiger partial charge in [-0.15, -0.1) is 11.3 Å². The van der Waals surface area contributed by atoms with Gasteiger partial charge in [0.2, 0.25) is 0 Å². The number of hydrogen-bond acceptors (Lipinski definition) is 8. The van der Waals surface area contributed by atoms with E-state index in [1.165, 1.54) is 11.3 Å². The monoisotopic (exact) mass is 454 g/mol. The van der Waals surface area contributed by atoms with Gasteiger partial charge in [0, 0.05) is 11.6 Å². The number of amides is 2. The number of rotatable bonds is 6. The van der Waals surface area contributed by atoms with Crippen molar-refractivity contribution in [1.82, 2.24) is 10.1 Å². The second-order valence-electron chi connectivity index (χ2n) is 6.42. The molecule has 0 spiro atoms. The smallest absolute Gasteiger partial charge is 0.412 e. The lowest BCUT2D eigenvalue weighted by molar-refractivity contribution is 0.101. The van der Waals surface area contributed by atoms with Gasteiger partial charge in [0.25, 0.3) is 5.91 Å². The summed E-state index contributed by atoms with van der Waals surface area (Å²) in [4.78, 5) is 30.0. The van der Waals surface area contributed by atoms with Gasteiger partial charge in [-0.25, -0.2) is 9.78 Å². The zero-order valence-electron chi connectivity index (χ0n) is 16.7. The van der Waals surface area contributed by atoms with Gasteiger partial charge < -0.3 is 9.26 Å². The summed E-state index contributed by atoms with van der Waals surface area (Å²) >= 11 is 2.62. The summed E-state index contributed by atoms with van der Waals surface area (Å²) in [5.41, 5.74) is 2.57. The highest BCUT2D eigenvalue weighted by Crippen LogP contribution is 2.36. The predicted molar refractivity (Wildman–Crippen MR) is 121 cm³/mol. The number of nitrogens with one attached hydrogen (secondary N) is 2. The molecule has 0 aliphatic heterocycles. The second kappa shape index (κ2) is 9.11. The molecule has 0 saturated carbocycles. The normalized spacial score (nSPS) is 10.6. The maximum atomic E-state index is 12.6. The van der Waals surface area contributed by atoms with Crippen molar-refractivity contribution in [2.75, 3.05) is 17.2 Å². The number of nitrogens with zero attached hydrogens (tertiary/aromatic N) is 2. The van der Waals surface area contributed by atoms with Crippen LogP contribution in [0.25, 0.3) is 21.9 Å². The Kier molecular flexibility index (Phi) is 6.10. The molecule has 2 amide bonds. The van der Waals surface area contributed by atoms with Gasteiger partial charge in [-0.05, 0) is 25.3 Å². The van der Waals surface area contributed by atoms with E-state index in [0.717, 1.165) is 27.3 Å². The summed E-state index contributed by atoms with van der Waals surface area (Å²) in [7, 11) is 0. The number of ether oxygens (including phenoxy) is 1. The Morgan fingerprint density at radius 2 is 1.97 bits per heavy atom. The van der Waals surface area contributed by atoms with E-state index in [1.807, 2.05) is 48.7 Å². The Hall–Kier alpha value is -3.50. The molecule has 0 atom stereocenters. The number of aryl methyl sites for hydroxylation is 1. The summed E-state index contributed by atoms with van der Waals surface area (Å²) in [6.07, 6.45) is -0.588. The Bertz CT molecular complexity index is 1200. The summed E-state index contributed by atoms with van der Waals surface area (Å²) < 4.78 is 10.2. The summed E-state index contributed by atoms with van der Waals surface area (Å²) in [5.74, 6) is 0.0581. The topological polar surface area (TPSA) is 106 Å². The zero-order valence-corrected chi connectivity index (χ0v) is 18.3. The summed E-state index contributed by atoms with van der Waals surface area (Å²) in [5, 5.41) is 12.0. The van der Waals surface area contributed by atoms with Gasteiger partial charge in [-0.1, -0.05) is 52.4 Å². The molecule has 4 rings (SSSR count). The van der Waals surface area contributed by atoms with E-state index >= 15 is 0 Å². The van der Waals surface area contributed by atoms with Crippen molar-refractivity contribution in [3.05, 3.63) is 59.1 Å². The molecule has 4 aromatic rings. The fourth-order valence-corrected chi connectivity index (χ4v) is 4.25. The third kappa shape index (κ3) is 4.81. The van der Waals surface area contributed by atoms with Crippen molar-refractivity contribution in [3.8, 4) is 21.9 Å². The number of thiazole rings is 1. The second-order valence-corrected chi connectivity index (χ2v) is 8.36. The van der Waals surface area contributed by atoms with Crippen LogP contribution in [0.5, 0.6) is 0 Å². The van der Waals surface area contributed by atoms with Crippen LogP contribution in [0.4, 0.5) is 14.9 Å². The first-order valence-electron chi connectivity index (χ1n) is 9.37. The Morgan fingerprint density at radius 3 is 2.68 bits per heavy atom. The highest BCUT2D eigenvalue weighted by Gasteiger charge is 2.20. The van der Waals surface area contributed by atoms with Crippen molar-refractivity contribution < 1.29 is 18.8 Å². The Balaban J connectivity index is 1.58. The third-order valence-electron chi connectivity index (χ3n) is 4.17. The molecule has 0 unspecified atom stereocenters. The van der Waals surface area contributed by atoms with Gasteiger partial charge in [-0.3, -0.25) is 15.4 Å². The van der Waals surface area contributed by atoms with Gasteiger partial charge in [0.1, 0.15) is 10.7 Å². The SMILES string of the molecule is CCOC(=O)Nc1sc(NC(=O)c2cc(-c3cccs3)on2)nc1-c1ccc(C)cc1. The van der Waals surface area contributed by atoms with E-state index in [0.29, 0.717) is 21.6 Å². The quantitative estimate of drug-likeness (QED) is 0.390. The molecule has 10 heteroatoms. The lowest BCUT2D eigenvalue weighted by atomic mass is 10.1. The van der Waals surface area contributed by atoms with Crippen LogP contribution in [0.2, 0.25) is 0 Å². The number of anilines is 2. The zero-order chi connectivity index (χ0) is 21.8. The molecule has 3 aromatic heterocycles. The van der Waals surface area contributed by atoms with E-state index in [2.05, 4.69) is 20.8 Å². The van der Waals surface area contributed by atoms with E-state index in [1.54, 1.807) is 13.0 Å². The first-order chi connectivity index (χ1) is 15.0. The van der Waals surface area contributed by atoms with Crippen molar-refractivity contribution in [3.63, 3.8) is 0 Å². The van der Waals surface area contributed by atoms with Crippen molar-refractivity contribution >= 4 is 44.8 Å². The van der Waals surface area contributed by atoms with E-state index < -0.39 is 12.0 Å². The van der Waals surface area contributed by atoms with Crippen LogP contribution in [-0.2, 0) is 4.74 Å². The minimum atomic E-state index is -0.588. The van der Waals surface area contributed by atoms with Crippen LogP contribution in [0.1, 0.15) is 23.0 Å². The Morgan fingerprint density at radius 1 is 1.16 bits per heavy atom. The van der Waals surface area contributed by atoms with E-state index in [-0.39, 0.29) is 12.3 Å². The van der Waals surface area contributed by atoms with Gasteiger partial charge in [-0.2, -0.15) is 0 Å². The number of aromatic nitrogens is 2. The van der Waals surface area contributed by atoms with E-state index in [9.17, 15) is 9.59 Å². The molecule has 1 aromatic carbocycles. The van der Waals surface area contributed by atoms with Crippen molar-refractivity contribution in [1.29, 1.82) is 0 Å². The number of carbonyl (C=O) groups is 2. The van der Waals surface area contributed by atoms with Crippen molar-refractivity contribution in [2.45, 2.75) is 13.8 Å². The molecule has 2 N–H and O–H groups in total. The Labute approximate surface area is 185 Å². The molecule has 0 aliphatic rings. The molecule has 0 radical (unpaired) electrons. The first kappa shape index (κ1) is 20.8. The minimum Gasteiger partial charge on any atom is -0.450 e. The van der Waals surface area contributed by atoms with Crippen LogP contribution >= 0.6 is 22.7 Å². The highest BCUT2D eigenvalue weighted by atomic mass is 32.1.